The molecule has 2 aromatic rings. The number of furan rings is 1. The molecule has 1 aliphatic heterocycles. The van der Waals surface area contributed by atoms with Crippen molar-refractivity contribution in [1.82, 2.24) is 4.90 Å². The van der Waals surface area contributed by atoms with Gasteiger partial charge in [-0.25, -0.2) is 4.79 Å². The van der Waals surface area contributed by atoms with Crippen molar-refractivity contribution >= 4 is 11.9 Å². The SMILES string of the molecule is CCc1oc(C(=O)N2CCc3ccc(OC)cc3C2)cc1C(=O)O. The molecule has 1 aromatic carbocycles. The molecule has 0 saturated heterocycles. The molecule has 0 saturated carbocycles. The van der Waals surface area contributed by atoms with Crippen molar-refractivity contribution in [2.45, 2.75) is 26.3 Å². The van der Waals surface area contributed by atoms with E-state index in [4.69, 9.17) is 9.15 Å². The maximum atomic E-state index is 12.7. The van der Waals surface area contributed by atoms with Crippen molar-refractivity contribution in [3.63, 3.8) is 0 Å². The summed E-state index contributed by atoms with van der Waals surface area (Å²) in [5, 5.41) is 9.19. The number of hydrogen-bond donors (Lipinski definition) is 1. The first kappa shape index (κ1) is 16.1. The van der Waals surface area contributed by atoms with Gasteiger partial charge < -0.3 is 19.2 Å². The lowest BCUT2D eigenvalue weighted by Crippen LogP contribution is -2.35. The Labute approximate surface area is 139 Å². The smallest absolute Gasteiger partial charge is 0.339 e. The molecule has 1 amide bonds. The molecule has 3 rings (SSSR count). The highest BCUT2D eigenvalue weighted by Crippen LogP contribution is 2.26. The second kappa shape index (κ2) is 6.39. The Morgan fingerprint density at radius 3 is 2.71 bits per heavy atom. The minimum atomic E-state index is -1.08. The van der Waals surface area contributed by atoms with Crippen molar-refractivity contribution in [1.29, 1.82) is 0 Å². The van der Waals surface area contributed by atoms with Gasteiger partial charge in [0.2, 0.25) is 0 Å². The summed E-state index contributed by atoms with van der Waals surface area (Å²) < 4.78 is 10.7. The Morgan fingerprint density at radius 1 is 1.29 bits per heavy atom. The molecule has 2 heterocycles. The fourth-order valence-electron chi connectivity index (χ4n) is 2.97. The summed E-state index contributed by atoms with van der Waals surface area (Å²) in [6.07, 6.45) is 1.17. The van der Waals surface area contributed by atoms with Gasteiger partial charge in [0.05, 0.1) is 7.11 Å². The van der Waals surface area contributed by atoms with Crippen LogP contribution in [0.3, 0.4) is 0 Å². The largest absolute Gasteiger partial charge is 0.497 e. The van der Waals surface area contributed by atoms with E-state index in [9.17, 15) is 14.7 Å². The number of methoxy groups -OCH3 is 1. The maximum absolute atomic E-state index is 12.7. The molecule has 0 radical (unpaired) electrons. The number of amides is 1. The highest BCUT2D eigenvalue weighted by Gasteiger charge is 2.27. The number of carboxylic acids is 1. The fourth-order valence-corrected chi connectivity index (χ4v) is 2.97. The molecule has 1 aliphatic rings. The lowest BCUT2D eigenvalue weighted by Gasteiger charge is -2.28. The summed E-state index contributed by atoms with van der Waals surface area (Å²) in [5.74, 6) is -0.211. The Balaban J connectivity index is 1.85. The average Bonchev–Trinajstić information content (AvgIpc) is 3.04. The van der Waals surface area contributed by atoms with Gasteiger partial charge in [0, 0.05) is 25.6 Å². The molecule has 0 unspecified atom stereocenters. The first-order valence-electron chi connectivity index (χ1n) is 7.84. The molecule has 0 fully saturated rings. The third kappa shape index (κ3) is 2.87. The van der Waals surface area contributed by atoms with E-state index in [0.29, 0.717) is 25.3 Å². The lowest BCUT2D eigenvalue weighted by atomic mass is 9.99. The van der Waals surface area contributed by atoms with Crippen LogP contribution in [0.1, 0.15) is 44.7 Å². The van der Waals surface area contributed by atoms with Gasteiger partial charge in [0.15, 0.2) is 5.76 Å². The molecular formula is C18H19NO5. The zero-order valence-electron chi connectivity index (χ0n) is 13.7. The lowest BCUT2D eigenvalue weighted by molar-refractivity contribution is 0.0687. The molecule has 1 N–H and O–H groups in total. The maximum Gasteiger partial charge on any atom is 0.339 e. The van der Waals surface area contributed by atoms with Crippen LogP contribution in [0.15, 0.2) is 28.7 Å². The Morgan fingerprint density at radius 2 is 2.08 bits per heavy atom. The number of hydrogen-bond acceptors (Lipinski definition) is 4. The number of ether oxygens (including phenoxy) is 1. The number of aromatic carboxylic acids is 1. The Hall–Kier alpha value is -2.76. The summed E-state index contributed by atoms with van der Waals surface area (Å²) in [6, 6.07) is 7.18. The van der Waals surface area contributed by atoms with Gasteiger partial charge in [-0.3, -0.25) is 4.79 Å². The van der Waals surface area contributed by atoms with Crippen LogP contribution in [-0.2, 0) is 19.4 Å². The van der Waals surface area contributed by atoms with Crippen LogP contribution in [0.4, 0.5) is 0 Å². The van der Waals surface area contributed by atoms with Crippen LogP contribution >= 0.6 is 0 Å². The molecule has 6 heteroatoms. The zero-order chi connectivity index (χ0) is 17.3. The van der Waals surface area contributed by atoms with E-state index in [1.165, 1.54) is 11.6 Å². The summed E-state index contributed by atoms with van der Waals surface area (Å²) in [5.41, 5.74) is 2.29. The number of fused-ring (bicyclic) bond motifs is 1. The third-order valence-electron chi connectivity index (χ3n) is 4.28. The molecule has 24 heavy (non-hydrogen) atoms. The van der Waals surface area contributed by atoms with E-state index in [1.54, 1.807) is 18.9 Å². The highest BCUT2D eigenvalue weighted by molar-refractivity contribution is 5.96. The van der Waals surface area contributed by atoms with Crippen LogP contribution in [0, 0.1) is 0 Å². The van der Waals surface area contributed by atoms with Crippen molar-refractivity contribution < 1.29 is 23.8 Å². The van der Waals surface area contributed by atoms with Crippen LogP contribution in [0.5, 0.6) is 5.75 Å². The Bertz CT molecular complexity index is 793. The van der Waals surface area contributed by atoms with Crippen LogP contribution in [0.2, 0.25) is 0 Å². The summed E-state index contributed by atoms with van der Waals surface area (Å²) >= 11 is 0. The van der Waals surface area contributed by atoms with E-state index in [1.807, 2.05) is 18.2 Å². The molecule has 0 bridgehead atoms. The highest BCUT2D eigenvalue weighted by atomic mass is 16.5. The predicted molar refractivity (Wildman–Crippen MR) is 86.5 cm³/mol. The minimum Gasteiger partial charge on any atom is -0.497 e. The number of rotatable bonds is 4. The van der Waals surface area contributed by atoms with Gasteiger partial charge in [-0.2, -0.15) is 0 Å². The fraction of sp³-hybridized carbons (Fsp3) is 0.333. The Kier molecular flexibility index (Phi) is 4.29. The molecule has 1 aromatic heterocycles. The molecule has 0 aliphatic carbocycles. The summed E-state index contributed by atoms with van der Waals surface area (Å²) in [4.78, 5) is 25.6. The van der Waals surface area contributed by atoms with Gasteiger partial charge in [-0.1, -0.05) is 13.0 Å². The number of nitrogens with zero attached hydrogens (tertiary/aromatic N) is 1. The molecule has 126 valence electrons. The number of benzene rings is 1. The number of carbonyl (C=O) groups excluding carboxylic acids is 1. The number of carbonyl (C=O) groups is 2. The van der Waals surface area contributed by atoms with Crippen molar-refractivity contribution in [2.75, 3.05) is 13.7 Å². The quantitative estimate of drug-likeness (QED) is 0.933. The average molecular weight is 329 g/mol. The third-order valence-corrected chi connectivity index (χ3v) is 4.28. The van der Waals surface area contributed by atoms with Gasteiger partial charge in [0.25, 0.3) is 5.91 Å². The standard InChI is InChI=1S/C18H19NO5/c1-3-15-14(18(21)22)9-16(24-15)17(20)19-7-6-11-4-5-13(23-2)8-12(11)10-19/h4-5,8-9H,3,6-7,10H2,1-2H3,(H,21,22). The van der Waals surface area contributed by atoms with Crippen molar-refractivity contribution in [3.8, 4) is 5.75 Å². The first-order valence-corrected chi connectivity index (χ1v) is 7.84. The van der Waals surface area contributed by atoms with E-state index in [-0.39, 0.29) is 17.2 Å². The number of aryl methyl sites for hydroxylation is 1. The second-order valence-electron chi connectivity index (χ2n) is 5.72. The monoisotopic (exact) mass is 329 g/mol. The van der Waals surface area contributed by atoms with Gasteiger partial charge in [-0.05, 0) is 29.7 Å². The van der Waals surface area contributed by atoms with E-state index < -0.39 is 5.97 Å². The summed E-state index contributed by atoms with van der Waals surface area (Å²) in [6.45, 7) is 2.82. The van der Waals surface area contributed by atoms with E-state index in [2.05, 4.69) is 0 Å². The topological polar surface area (TPSA) is 80.0 Å². The normalized spacial score (nSPS) is 13.5. The minimum absolute atomic E-state index is 0.0555. The molecular weight excluding hydrogens is 310 g/mol. The van der Waals surface area contributed by atoms with Crippen LogP contribution < -0.4 is 4.74 Å². The number of carboxylic acid groups (broad SMARTS) is 1. The molecule has 0 atom stereocenters. The zero-order valence-corrected chi connectivity index (χ0v) is 13.7. The first-order chi connectivity index (χ1) is 11.5. The molecule has 6 nitrogen and oxygen atoms in total. The van der Waals surface area contributed by atoms with Crippen LogP contribution in [0.25, 0.3) is 0 Å². The van der Waals surface area contributed by atoms with Crippen LogP contribution in [-0.4, -0.2) is 35.5 Å². The van der Waals surface area contributed by atoms with Gasteiger partial charge in [-0.15, -0.1) is 0 Å². The van der Waals surface area contributed by atoms with Crippen molar-refractivity contribution in [2.24, 2.45) is 0 Å². The predicted octanol–water partition coefficient (Wildman–Crippen LogP) is 2.75. The second-order valence-corrected chi connectivity index (χ2v) is 5.72. The van der Waals surface area contributed by atoms with Gasteiger partial charge in [0.1, 0.15) is 17.1 Å². The van der Waals surface area contributed by atoms with E-state index in [0.717, 1.165) is 17.7 Å². The van der Waals surface area contributed by atoms with Crippen molar-refractivity contribution in [3.05, 3.63) is 52.5 Å². The summed E-state index contributed by atoms with van der Waals surface area (Å²) in [7, 11) is 1.61. The van der Waals surface area contributed by atoms with Gasteiger partial charge >= 0.3 is 5.97 Å². The van der Waals surface area contributed by atoms with E-state index >= 15 is 0 Å². The molecule has 0 spiro atoms.